The van der Waals surface area contributed by atoms with Gasteiger partial charge >= 0.3 is 0 Å². The number of hydrogen-bond acceptors (Lipinski definition) is 5. The van der Waals surface area contributed by atoms with Crippen molar-refractivity contribution < 1.29 is 14.3 Å². The van der Waals surface area contributed by atoms with Gasteiger partial charge in [-0.25, -0.2) is 4.99 Å². The van der Waals surface area contributed by atoms with Crippen molar-refractivity contribution in [2.45, 2.75) is 26.2 Å². The Morgan fingerprint density at radius 2 is 1.86 bits per heavy atom. The predicted molar refractivity (Wildman–Crippen MR) is 117 cm³/mol. The molecule has 29 heavy (non-hydrogen) atoms. The van der Waals surface area contributed by atoms with E-state index in [1.807, 2.05) is 48.5 Å². The Bertz CT molecular complexity index is 952. The molecular weight excluding hydrogens is 386 g/mol. The maximum atomic E-state index is 12.3. The normalized spacial score (nSPS) is 12.2. The van der Waals surface area contributed by atoms with E-state index in [2.05, 4.69) is 29.5 Å². The molecule has 0 fully saturated rings. The fourth-order valence-electron chi connectivity index (χ4n) is 2.83. The largest absolute Gasteiger partial charge is 0.486 e. The number of thiocarbonyl (C=S) groups is 1. The molecule has 0 radical (unpaired) electrons. The molecule has 0 aromatic heterocycles. The minimum absolute atomic E-state index is 0.0319. The van der Waals surface area contributed by atoms with Gasteiger partial charge in [0.1, 0.15) is 18.1 Å². The maximum Gasteiger partial charge on any atom is 0.272 e. The summed E-state index contributed by atoms with van der Waals surface area (Å²) in [5.74, 6) is 0.528. The highest BCUT2D eigenvalue weighted by atomic mass is 32.1. The quantitative estimate of drug-likeness (QED) is 0.687. The third kappa shape index (κ3) is 5.71. The van der Waals surface area contributed by atoms with Gasteiger partial charge in [0.05, 0.1) is 12.2 Å². The molecule has 1 heterocycles. The lowest BCUT2D eigenvalue weighted by molar-refractivity contribution is -0.120. The highest BCUT2D eigenvalue weighted by Gasteiger charge is 2.20. The molecule has 2 N–H and O–H groups in total. The van der Waals surface area contributed by atoms with E-state index in [1.54, 1.807) is 0 Å². The molecule has 0 spiro atoms. The summed E-state index contributed by atoms with van der Waals surface area (Å²) in [4.78, 5) is 28.6. The molecule has 2 aromatic carbocycles. The number of aliphatic imine (C=N–C) groups is 1. The van der Waals surface area contributed by atoms with E-state index in [0.29, 0.717) is 23.8 Å². The molecule has 1 amide bonds. The van der Waals surface area contributed by atoms with Crippen molar-refractivity contribution in [3.8, 4) is 5.75 Å². The summed E-state index contributed by atoms with van der Waals surface area (Å²) in [5, 5.41) is 5.38. The van der Waals surface area contributed by atoms with E-state index in [1.165, 1.54) is 5.56 Å². The van der Waals surface area contributed by atoms with Gasteiger partial charge in [0.15, 0.2) is 10.9 Å². The lowest BCUT2D eigenvalue weighted by Gasteiger charge is -2.10. The van der Waals surface area contributed by atoms with Crippen molar-refractivity contribution in [3.05, 3.63) is 59.7 Å². The molecule has 0 saturated heterocycles. The minimum Gasteiger partial charge on any atom is -0.486 e. The van der Waals surface area contributed by atoms with Crippen molar-refractivity contribution in [2.75, 3.05) is 13.2 Å². The Kier molecular flexibility index (Phi) is 6.72. The SMILES string of the molecule is CC(C)c1ccc(OCC(=O)CNC(=S)NC(=O)C2=Nc3ccccc3C2)cc1. The minimum atomic E-state index is -0.368. The molecule has 0 saturated carbocycles. The van der Waals surface area contributed by atoms with E-state index in [9.17, 15) is 9.59 Å². The third-order valence-electron chi connectivity index (χ3n) is 4.49. The summed E-state index contributed by atoms with van der Waals surface area (Å²) in [6.45, 7) is 4.12. The lowest BCUT2D eigenvalue weighted by atomic mass is 10.0. The second kappa shape index (κ2) is 9.43. The van der Waals surface area contributed by atoms with Gasteiger partial charge in [-0.15, -0.1) is 0 Å². The van der Waals surface area contributed by atoms with Crippen LogP contribution in [0.2, 0.25) is 0 Å². The molecule has 150 valence electrons. The monoisotopic (exact) mass is 409 g/mol. The fraction of sp³-hybridized carbons (Fsp3) is 0.273. The zero-order valence-corrected chi connectivity index (χ0v) is 17.2. The van der Waals surface area contributed by atoms with Crippen LogP contribution < -0.4 is 15.4 Å². The summed E-state index contributed by atoms with van der Waals surface area (Å²) in [6.07, 6.45) is 0.465. The molecule has 1 aliphatic rings. The molecule has 6 nitrogen and oxygen atoms in total. The molecule has 3 rings (SSSR count). The van der Waals surface area contributed by atoms with Crippen LogP contribution in [0.1, 0.15) is 30.9 Å². The van der Waals surface area contributed by atoms with Crippen LogP contribution in [-0.2, 0) is 16.0 Å². The number of rotatable bonds is 7. The first kappa shape index (κ1) is 20.7. The van der Waals surface area contributed by atoms with Gasteiger partial charge in [-0.1, -0.05) is 44.2 Å². The van der Waals surface area contributed by atoms with Crippen LogP contribution in [0.15, 0.2) is 53.5 Å². The predicted octanol–water partition coefficient (Wildman–Crippen LogP) is 3.08. The Morgan fingerprint density at radius 1 is 1.14 bits per heavy atom. The summed E-state index contributed by atoms with van der Waals surface area (Å²) in [6, 6.07) is 15.2. The number of hydrogen-bond donors (Lipinski definition) is 2. The molecular formula is C22H23N3O3S. The molecule has 0 unspecified atom stereocenters. The van der Waals surface area contributed by atoms with Crippen molar-refractivity contribution in [3.63, 3.8) is 0 Å². The van der Waals surface area contributed by atoms with E-state index in [-0.39, 0.29) is 30.0 Å². The van der Waals surface area contributed by atoms with Gasteiger partial charge in [0.25, 0.3) is 5.91 Å². The van der Waals surface area contributed by atoms with Crippen molar-refractivity contribution in [1.82, 2.24) is 10.6 Å². The number of nitrogens with one attached hydrogen (secondary N) is 2. The summed E-state index contributed by atoms with van der Waals surface area (Å²) < 4.78 is 5.49. The number of para-hydroxylation sites is 1. The van der Waals surface area contributed by atoms with Crippen molar-refractivity contribution >= 4 is 40.4 Å². The first-order valence-electron chi connectivity index (χ1n) is 9.41. The number of fused-ring (bicyclic) bond motifs is 1. The number of Topliss-reactive ketones (excluding diaryl/α,β-unsaturated/α-hetero) is 1. The number of amides is 1. The molecule has 7 heteroatoms. The van der Waals surface area contributed by atoms with E-state index in [4.69, 9.17) is 17.0 Å². The Balaban J connectivity index is 1.39. The van der Waals surface area contributed by atoms with Gasteiger partial charge in [-0.05, 0) is 47.5 Å². The first-order valence-corrected chi connectivity index (χ1v) is 9.82. The molecule has 2 aromatic rings. The second-order valence-corrected chi connectivity index (χ2v) is 7.46. The van der Waals surface area contributed by atoms with Crippen LogP contribution in [0.5, 0.6) is 5.75 Å². The molecule has 1 aliphatic heterocycles. The third-order valence-corrected chi connectivity index (χ3v) is 4.73. The topological polar surface area (TPSA) is 79.8 Å². The van der Waals surface area contributed by atoms with Crippen molar-refractivity contribution in [1.29, 1.82) is 0 Å². The number of benzene rings is 2. The van der Waals surface area contributed by atoms with Gasteiger partial charge in [0.2, 0.25) is 0 Å². The first-order chi connectivity index (χ1) is 13.9. The second-order valence-electron chi connectivity index (χ2n) is 7.05. The number of ether oxygens (including phenoxy) is 1. The molecule has 0 aliphatic carbocycles. The Hall–Kier alpha value is -3.06. The van der Waals surface area contributed by atoms with Crippen LogP contribution in [0.25, 0.3) is 0 Å². The van der Waals surface area contributed by atoms with Gasteiger partial charge in [-0.3, -0.25) is 14.9 Å². The molecule has 0 atom stereocenters. The van der Waals surface area contributed by atoms with Crippen LogP contribution in [0, 0.1) is 0 Å². The Labute approximate surface area is 175 Å². The number of carbonyl (C=O) groups is 2. The zero-order chi connectivity index (χ0) is 20.8. The number of nitrogens with zero attached hydrogens (tertiary/aromatic N) is 1. The van der Waals surface area contributed by atoms with Crippen LogP contribution in [0.3, 0.4) is 0 Å². The van der Waals surface area contributed by atoms with Crippen LogP contribution >= 0.6 is 12.2 Å². The van der Waals surface area contributed by atoms with Gasteiger partial charge in [0, 0.05) is 6.42 Å². The lowest BCUT2D eigenvalue weighted by Crippen LogP contribution is -2.44. The van der Waals surface area contributed by atoms with Gasteiger partial charge < -0.3 is 10.1 Å². The molecule has 0 bridgehead atoms. The highest BCUT2D eigenvalue weighted by Crippen LogP contribution is 2.25. The fourth-order valence-corrected chi connectivity index (χ4v) is 2.99. The average molecular weight is 410 g/mol. The summed E-state index contributed by atoms with van der Waals surface area (Å²) >= 11 is 5.10. The average Bonchev–Trinajstić information content (AvgIpc) is 3.15. The number of ketones is 1. The van der Waals surface area contributed by atoms with Crippen LogP contribution in [0.4, 0.5) is 5.69 Å². The highest BCUT2D eigenvalue weighted by molar-refractivity contribution is 7.80. The maximum absolute atomic E-state index is 12.3. The van der Waals surface area contributed by atoms with Gasteiger partial charge in [-0.2, -0.15) is 0 Å². The van der Waals surface area contributed by atoms with Crippen molar-refractivity contribution in [2.24, 2.45) is 4.99 Å². The zero-order valence-electron chi connectivity index (χ0n) is 16.4. The summed E-state index contributed by atoms with van der Waals surface area (Å²) in [7, 11) is 0. The standard InChI is InChI=1S/C22H23N3O3S/c1-14(2)15-7-9-18(10-8-15)28-13-17(26)12-23-22(29)25-21(27)20-11-16-5-3-4-6-19(16)24-20/h3-10,14H,11-13H2,1-2H3,(H2,23,25,27,29). The van der Waals surface area contributed by atoms with Crippen LogP contribution in [-0.4, -0.2) is 35.7 Å². The summed E-state index contributed by atoms with van der Waals surface area (Å²) in [5.41, 5.74) is 3.41. The van der Waals surface area contributed by atoms with E-state index in [0.717, 1.165) is 11.3 Å². The van der Waals surface area contributed by atoms with E-state index < -0.39 is 0 Å². The number of carbonyl (C=O) groups excluding carboxylic acids is 2. The smallest absolute Gasteiger partial charge is 0.272 e. The Morgan fingerprint density at radius 3 is 2.55 bits per heavy atom. The van der Waals surface area contributed by atoms with E-state index >= 15 is 0 Å².